The number of nitrogens with one attached hydrogen (secondary N) is 1. The van der Waals surface area contributed by atoms with Gasteiger partial charge in [-0.05, 0) is 56.5 Å². The van der Waals surface area contributed by atoms with E-state index in [1.807, 2.05) is 33.8 Å². The molecule has 0 aromatic heterocycles. The molecule has 0 unspecified atom stereocenters. The van der Waals surface area contributed by atoms with Crippen LogP contribution in [0.1, 0.15) is 33.3 Å². The maximum atomic E-state index is 9.67. The van der Waals surface area contributed by atoms with Crippen LogP contribution in [-0.2, 0) is 11.2 Å². The van der Waals surface area contributed by atoms with E-state index in [-0.39, 0.29) is 17.8 Å². The predicted molar refractivity (Wildman–Crippen MR) is 109 cm³/mol. The third-order valence-electron chi connectivity index (χ3n) is 5.06. The second kappa shape index (κ2) is 9.06. The van der Waals surface area contributed by atoms with Crippen LogP contribution < -0.4 is 11.1 Å². The number of nitrogens with zero attached hydrogens (tertiary/aromatic N) is 1. The van der Waals surface area contributed by atoms with Gasteiger partial charge in [0.2, 0.25) is 0 Å². The fraction of sp³-hybridized carbons (Fsp3) is 0.476. The lowest BCUT2D eigenvalue weighted by Gasteiger charge is -2.40. The summed E-state index contributed by atoms with van der Waals surface area (Å²) in [4.78, 5) is 4.59. The Labute approximate surface area is 161 Å². The van der Waals surface area contributed by atoms with Gasteiger partial charge in [0.25, 0.3) is 0 Å². The number of hydrogen-bond donors (Lipinski definition) is 4. The number of aliphatic hydroxyl groups is 1. The van der Waals surface area contributed by atoms with E-state index in [1.165, 1.54) is 0 Å². The lowest BCUT2D eigenvalue weighted by molar-refractivity contribution is -0.133. The van der Waals surface area contributed by atoms with E-state index in [4.69, 9.17) is 10.5 Å². The molecule has 5 N–H and O–H groups in total. The number of aliphatic hydroxyl groups excluding tert-OH is 1. The van der Waals surface area contributed by atoms with Gasteiger partial charge in [-0.25, -0.2) is 4.99 Å². The molecular weight excluding hydrogens is 342 g/mol. The SMILES string of the molecule is C/C=C(C)/C(NCC1(CO)COC1)=C(\C)C(N)=Nc1ccc(O)cc1CC. The molecule has 0 atom stereocenters. The molecule has 0 aliphatic carbocycles. The molecule has 1 aromatic rings. The van der Waals surface area contributed by atoms with Gasteiger partial charge in [-0.15, -0.1) is 0 Å². The average molecular weight is 373 g/mol. The molecule has 1 aliphatic rings. The quantitative estimate of drug-likeness (QED) is 0.319. The van der Waals surface area contributed by atoms with Crippen molar-refractivity contribution >= 4 is 11.5 Å². The van der Waals surface area contributed by atoms with Crippen molar-refractivity contribution in [3.8, 4) is 5.75 Å². The van der Waals surface area contributed by atoms with Crippen molar-refractivity contribution in [3.63, 3.8) is 0 Å². The number of benzene rings is 1. The van der Waals surface area contributed by atoms with Crippen molar-refractivity contribution < 1.29 is 14.9 Å². The second-order valence-electron chi connectivity index (χ2n) is 7.14. The molecule has 1 aliphatic heterocycles. The zero-order chi connectivity index (χ0) is 20.0. The number of nitrogens with two attached hydrogens (primary N) is 1. The Hall–Kier alpha value is -2.31. The highest BCUT2D eigenvalue weighted by atomic mass is 16.5. The third kappa shape index (κ3) is 4.90. The molecule has 1 saturated heterocycles. The summed E-state index contributed by atoms with van der Waals surface area (Å²) in [6, 6.07) is 5.10. The fourth-order valence-electron chi connectivity index (χ4n) is 2.93. The van der Waals surface area contributed by atoms with Gasteiger partial charge in [0, 0.05) is 17.8 Å². The van der Waals surface area contributed by atoms with Crippen LogP contribution in [0.4, 0.5) is 5.69 Å². The number of phenolic OH excluding ortho intramolecular Hbond substituents is 1. The van der Waals surface area contributed by atoms with Gasteiger partial charge in [-0.1, -0.05) is 13.0 Å². The van der Waals surface area contributed by atoms with Crippen molar-refractivity contribution in [1.82, 2.24) is 5.32 Å². The summed E-state index contributed by atoms with van der Waals surface area (Å²) < 4.78 is 5.27. The number of aromatic hydroxyl groups is 1. The average Bonchev–Trinajstić information content (AvgIpc) is 2.64. The third-order valence-corrected chi connectivity index (χ3v) is 5.06. The molecule has 0 spiro atoms. The molecule has 27 heavy (non-hydrogen) atoms. The number of aliphatic imine (C=N–C) groups is 1. The lowest BCUT2D eigenvalue weighted by atomic mass is 9.86. The minimum Gasteiger partial charge on any atom is -0.508 e. The standard InChI is InChI=1S/C21H31N3O3/c1-5-14(3)19(23-10-21(11-25)12-27-13-21)15(4)20(22)24-18-8-7-17(26)9-16(18)6-2/h5,7-9,23,25-26H,6,10-13H2,1-4H3,(H2,22,24)/b14-5+,19-15-. The number of hydrogen-bond acceptors (Lipinski definition) is 5. The topological polar surface area (TPSA) is 100 Å². The molecule has 0 saturated carbocycles. The summed E-state index contributed by atoms with van der Waals surface area (Å²) in [6.45, 7) is 9.72. The highest BCUT2D eigenvalue weighted by Crippen LogP contribution is 2.28. The Kier molecular flexibility index (Phi) is 7.05. The van der Waals surface area contributed by atoms with Crippen LogP contribution in [0.2, 0.25) is 0 Å². The summed E-state index contributed by atoms with van der Waals surface area (Å²) in [5, 5.41) is 22.8. The monoisotopic (exact) mass is 373 g/mol. The van der Waals surface area contributed by atoms with E-state index in [1.54, 1.807) is 18.2 Å². The van der Waals surface area contributed by atoms with Gasteiger partial charge in [0.15, 0.2) is 0 Å². The first kappa shape index (κ1) is 21.0. The molecule has 1 heterocycles. The van der Waals surface area contributed by atoms with Crippen molar-refractivity contribution in [1.29, 1.82) is 0 Å². The number of allylic oxidation sites excluding steroid dienone is 2. The van der Waals surface area contributed by atoms with Gasteiger partial charge in [-0.3, -0.25) is 0 Å². The van der Waals surface area contributed by atoms with Crippen molar-refractivity contribution in [2.45, 2.75) is 34.1 Å². The van der Waals surface area contributed by atoms with Crippen molar-refractivity contribution in [3.05, 3.63) is 46.7 Å². The molecule has 1 aromatic carbocycles. The number of amidine groups is 1. The molecule has 6 nitrogen and oxygen atoms in total. The minimum absolute atomic E-state index is 0.0815. The molecule has 148 valence electrons. The fourth-order valence-corrected chi connectivity index (χ4v) is 2.93. The van der Waals surface area contributed by atoms with E-state index in [2.05, 4.69) is 10.3 Å². The maximum Gasteiger partial charge on any atom is 0.129 e. The molecule has 6 heteroatoms. The zero-order valence-corrected chi connectivity index (χ0v) is 16.7. The van der Waals surface area contributed by atoms with Gasteiger partial charge < -0.3 is 26.0 Å². The summed E-state index contributed by atoms with van der Waals surface area (Å²) >= 11 is 0. The zero-order valence-electron chi connectivity index (χ0n) is 16.7. The van der Waals surface area contributed by atoms with E-state index in [0.717, 1.165) is 34.5 Å². The van der Waals surface area contributed by atoms with E-state index < -0.39 is 0 Å². The van der Waals surface area contributed by atoms with Crippen LogP contribution in [0.3, 0.4) is 0 Å². The van der Waals surface area contributed by atoms with Gasteiger partial charge in [-0.2, -0.15) is 0 Å². The summed E-state index contributed by atoms with van der Waals surface area (Å²) in [6.07, 6.45) is 2.77. The highest BCUT2D eigenvalue weighted by molar-refractivity contribution is 5.99. The van der Waals surface area contributed by atoms with Crippen LogP contribution in [0, 0.1) is 5.41 Å². The Balaban J connectivity index is 2.33. The Morgan fingerprint density at radius 1 is 1.37 bits per heavy atom. The second-order valence-corrected chi connectivity index (χ2v) is 7.14. The highest BCUT2D eigenvalue weighted by Gasteiger charge is 2.38. The first-order chi connectivity index (χ1) is 12.9. The first-order valence-corrected chi connectivity index (χ1v) is 9.29. The van der Waals surface area contributed by atoms with Crippen LogP contribution in [0.5, 0.6) is 5.75 Å². The van der Waals surface area contributed by atoms with Crippen molar-refractivity contribution in [2.24, 2.45) is 16.1 Å². The van der Waals surface area contributed by atoms with E-state index >= 15 is 0 Å². The smallest absolute Gasteiger partial charge is 0.129 e. The molecular formula is C21H31N3O3. The van der Waals surface area contributed by atoms with Crippen LogP contribution in [-0.4, -0.2) is 42.4 Å². The predicted octanol–water partition coefficient (Wildman–Crippen LogP) is 2.78. The van der Waals surface area contributed by atoms with Gasteiger partial charge in [0.05, 0.1) is 30.9 Å². The molecule has 0 bridgehead atoms. The van der Waals surface area contributed by atoms with Crippen molar-refractivity contribution in [2.75, 3.05) is 26.4 Å². The summed E-state index contributed by atoms with van der Waals surface area (Å²) in [5.74, 6) is 0.641. The van der Waals surface area contributed by atoms with Crippen LogP contribution in [0.25, 0.3) is 0 Å². The van der Waals surface area contributed by atoms with E-state index in [9.17, 15) is 10.2 Å². The Morgan fingerprint density at radius 3 is 2.59 bits per heavy atom. The molecule has 0 radical (unpaired) electrons. The Bertz CT molecular complexity index is 756. The number of ether oxygens (including phenoxy) is 1. The number of phenols is 1. The number of rotatable bonds is 8. The molecule has 2 rings (SSSR count). The summed E-state index contributed by atoms with van der Waals surface area (Å²) in [7, 11) is 0. The van der Waals surface area contributed by atoms with Gasteiger partial charge >= 0.3 is 0 Å². The normalized spacial score (nSPS) is 18.0. The molecule has 0 amide bonds. The van der Waals surface area contributed by atoms with Crippen LogP contribution in [0.15, 0.2) is 46.1 Å². The largest absolute Gasteiger partial charge is 0.508 e. The lowest BCUT2D eigenvalue weighted by Crippen LogP contribution is -2.52. The summed E-state index contributed by atoms with van der Waals surface area (Å²) in [5.41, 5.74) is 10.6. The van der Waals surface area contributed by atoms with Crippen LogP contribution >= 0.6 is 0 Å². The van der Waals surface area contributed by atoms with Gasteiger partial charge in [0.1, 0.15) is 11.6 Å². The number of aryl methyl sites for hydroxylation is 1. The minimum atomic E-state index is -0.238. The molecule has 1 fully saturated rings. The first-order valence-electron chi connectivity index (χ1n) is 9.29. The van der Waals surface area contributed by atoms with E-state index in [0.29, 0.717) is 25.6 Å². The Morgan fingerprint density at radius 2 is 2.07 bits per heavy atom. The maximum absolute atomic E-state index is 9.67.